The lowest BCUT2D eigenvalue weighted by atomic mass is 10.0. The fraction of sp³-hybridized carbons (Fsp3) is 0.647. The molecule has 1 aromatic rings. The molecule has 0 aliphatic heterocycles. The van der Waals surface area contributed by atoms with Crippen molar-refractivity contribution < 1.29 is 9.47 Å². The molecule has 21 heavy (non-hydrogen) atoms. The fourth-order valence-corrected chi connectivity index (χ4v) is 5.19. The van der Waals surface area contributed by atoms with Gasteiger partial charge in [0.15, 0.2) is 11.5 Å². The number of methoxy groups -OCH3 is 2. The van der Waals surface area contributed by atoms with E-state index in [9.17, 15) is 0 Å². The number of fused-ring (bicyclic) bond motifs is 5. The first kappa shape index (κ1) is 13.7. The fourth-order valence-electron chi connectivity index (χ4n) is 4.89. The first-order valence-electron chi connectivity index (χ1n) is 7.87. The van der Waals surface area contributed by atoms with Crippen LogP contribution in [0.25, 0.3) is 0 Å². The quantitative estimate of drug-likeness (QED) is 0.903. The Bertz CT molecular complexity index is 546. The van der Waals surface area contributed by atoms with Gasteiger partial charge in [-0.25, -0.2) is 0 Å². The van der Waals surface area contributed by atoms with E-state index in [4.69, 9.17) is 21.1 Å². The number of benzene rings is 1. The van der Waals surface area contributed by atoms with Crippen LogP contribution in [0.5, 0.6) is 11.5 Å². The maximum Gasteiger partial charge on any atom is 0.179 e. The minimum Gasteiger partial charge on any atom is -0.493 e. The highest BCUT2D eigenvalue weighted by Crippen LogP contribution is 2.65. The highest BCUT2D eigenvalue weighted by molar-refractivity contribution is 6.33. The lowest BCUT2D eigenvalue weighted by Crippen LogP contribution is -2.22. The molecule has 2 bridgehead atoms. The minimum absolute atomic E-state index is 0.634. The molecule has 3 fully saturated rings. The molecule has 0 aromatic heterocycles. The van der Waals surface area contributed by atoms with Crippen LogP contribution in [-0.2, 0) is 6.54 Å². The SMILES string of the molecule is COc1ccc(CNC2C3C4CCC(C4)C23)c(Cl)c1OC. The summed E-state index contributed by atoms with van der Waals surface area (Å²) < 4.78 is 10.6. The second-order valence-corrected chi connectivity index (χ2v) is 7.05. The van der Waals surface area contributed by atoms with Crippen LogP contribution in [0, 0.1) is 23.7 Å². The summed E-state index contributed by atoms with van der Waals surface area (Å²) in [5.41, 5.74) is 1.09. The van der Waals surface area contributed by atoms with E-state index in [0.717, 1.165) is 41.8 Å². The van der Waals surface area contributed by atoms with Crippen molar-refractivity contribution in [1.82, 2.24) is 5.32 Å². The van der Waals surface area contributed by atoms with E-state index >= 15 is 0 Å². The van der Waals surface area contributed by atoms with Crippen LogP contribution in [0.3, 0.4) is 0 Å². The predicted molar refractivity (Wildman–Crippen MR) is 83.0 cm³/mol. The van der Waals surface area contributed by atoms with E-state index in [1.54, 1.807) is 14.2 Å². The topological polar surface area (TPSA) is 30.5 Å². The van der Waals surface area contributed by atoms with Gasteiger partial charge in [-0.3, -0.25) is 0 Å². The van der Waals surface area contributed by atoms with Gasteiger partial charge in [-0.1, -0.05) is 17.7 Å². The zero-order valence-electron chi connectivity index (χ0n) is 12.6. The van der Waals surface area contributed by atoms with Crippen LogP contribution >= 0.6 is 11.6 Å². The van der Waals surface area contributed by atoms with Gasteiger partial charge in [0.2, 0.25) is 0 Å². The standard InChI is InChI=1S/C17H22ClNO2/c1-20-12-6-5-11(15(18)17(12)21-2)8-19-16-13-9-3-4-10(7-9)14(13)16/h5-6,9-10,13-14,16,19H,3-4,7-8H2,1-2H3. The monoisotopic (exact) mass is 307 g/mol. The van der Waals surface area contributed by atoms with Crippen LogP contribution < -0.4 is 14.8 Å². The van der Waals surface area contributed by atoms with Crippen molar-refractivity contribution in [3.63, 3.8) is 0 Å². The smallest absolute Gasteiger partial charge is 0.179 e. The zero-order chi connectivity index (χ0) is 14.6. The van der Waals surface area contributed by atoms with Gasteiger partial charge in [0, 0.05) is 12.6 Å². The van der Waals surface area contributed by atoms with Crippen LogP contribution in [-0.4, -0.2) is 20.3 Å². The molecule has 114 valence electrons. The summed E-state index contributed by atoms with van der Waals surface area (Å²) in [5, 5.41) is 4.39. The predicted octanol–water partition coefficient (Wildman–Crippen LogP) is 3.49. The number of hydrogen-bond acceptors (Lipinski definition) is 3. The van der Waals surface area contributed by atoms with Crippen molar-refractivity contribution in [3.8, 4) is 11.5 Å². The van der Waals surface area contributed by atoms with E-state index in [0.29, 0.717) is 16.5 Å². The molecule has 4 rings (SSSR count). The third kappa shape index (κ3) is 2.05. The summed E-state index contributed by atoms with van der Waals surface area (Å²) >= 11 is 6.44. The molecule has 4 heteroatoms. The Kier molecular flexibility index (Phi) is 3.31. The van der Waals surface area contributed by atoms with Gasteiger partial charge in [-0.2, -0.15) is 0 Å². The van der Waals surface area contributed by atoms with Crippen molar-refractivity contribution in [2.24, 2.45) is 23.7 Å². The lowest BCUT2D eigenvalue weighted by Gasteiger charge is -2.14. The molecule has 0 radical (unpaired) electrons. The van der Waals surface area contributed by atoms with Crippen molar-refractivity contribution in [3.05, 3.63) is 22.7 Å². The van der Waals surface area contributed by atoms with Crippen LogP contribution in [0.4, 0.5) is 0 Å². The lowest BCUT2D eigenvalue weighted by molar-refractivity contribution is 0.354. The summed E-state index contributed by atoms with van der Waals surface area (Å²) in [4.78, 5) is 0. The number of rotatable bonds is 5. The molecule has 0 heterocycles. The van der Waals surface area contributed by atoms with Crippen molar-refractivity contribution >= 4 is 11.6 Å². The second-order valence-electron chi connectivity index (χ2n) is 6.67. The van der Waals surface area contributed by atoms with Gasteiger partial charge in [0.25, 0.3) is 0 Å². The van der Waals surface area contributed by atoms with E-state index in [1.165, 1.54) is 19.3 Å². The molecule has 0 spiro atoms. The number of halogens is 1. The average molecular weight is 308 g/mol. The van der Waals surface area contributed by atoms with Gasteiger partial charge in [0.05, 0.1) is 19.2 Å². The molecule has 0 amide bonds. The molecule has 3 aliphatic carbocycles. The van der Waals surface area contributed by atoms with Gasteiger partial charge >= 0.3 is 0 Å². The Balaban J connectivity index is 1.44. The molecular formula is C17H22ClNO2. The van der Waals surface area contributed by atoms with E-state index in [-0.39, 0.29) is 0 Å². The molecule has 3 aliphatic rings. The van der Waals surface area contributed by atoms with Gasteiger partial charge < -0.3 is 14.8 Å². The van der Waals surface area contributed by atoms with E-state index < -0.39 is 0 Å². The van der Waals surface area contributed by atoms with Gasteiger partial charge in [-0.15, -0.1) is 0 Å². The molecular weight excluding hydrogens is 286 g/mol. The van der Waals surface area contributed by atoms with Crippen LogP contribution in [0.2, 0.25) is 5.02 Å². The second kappa shape index (κ2) is 5.06. The third-order valence-corrected chi connectivity index (χ3v) is 6.24. The summed E-state index contributed by atoms with van der Waals surface area (Å²) in [6.45, 7) is 0.816. The van der Waals surface area contributed by atoms with Crippen molar-refractivity contribution in [2.45, 2.75) is 31.8 Å². The maximum absolute atomic E-state index is 6.44. The highest BCUT2D eigenvalue weighted by atomic mass is 35.5. The summed E-state index contributed by atoms with van der Waals surface area (Å²) in [6, 6.07) is 4.68. The summed E-state index contributed by atoms with van der Waals surface area (Å²) in [7, 11) is 3.26. The van der Waals surface area contributed by atoms with Crippen LogP contribution in [0.15, 0.2) is 12.1 Å². The number of hydrogen-bond donors (Lipinski definition) is 1. The Hall–Kier alpha value is -0.930. The zero-order valence-corrected chi connectivity index (χ0v) is 13.3. The summed E-state index contributed by atoms with van der Waals surface area (Å²) in [6.07, 6.45) is 4.41. The molecule has 4 unspecified atom stereocenters. The minimum atomic E-state index is 0.634. The molecule has 3 nitrogen and oxygen atoms in total. The molecule has 4 atom stereocenters. The number of ether oxygens (including phenoxy) is 2. The van der Waals surface area contributed by atoms with Gasteiger partial charge in [0.1, 0.15) is 0 Å². The Labute approximate surface area is 131 Å². The van der Waals surface area contributed by atoms with Crippen molar-refractivity contribution in [2.75, 3.05) is 14.2 Å². The normalized spacial score (nSPS) is 35.7. The summed E-state index contributed by atoms with van der Waals surface area (Å²) in [5.74, 6) is 5.21. The Morgan fingerprint density at radius 1 is 1.14 bits per heavy atom. The highest BCUT2D eigenvalue weighted by Gasteiger charge is 2.64. The molecule has 1 aromatic carbocycles. The first-order chi connectivity index (χ1) is 10.2. The maximum atomic E-state index is 6.44. The molecule has 3 saturated carbocycles. The van der Waals surface area contributed by atoms with Gasteiger partial charge in [-0.05, 0) is 54.6 Å². The number of nitrogens with one attached hydrogen (secondary N) is 1. The molecule has 1 N–H and O–H groups in total. The largest absolute Gasteiger partial charge is 0.493 e. The van der Waals surface area contributed by atoms with E-state index in [1.807, 2.05) is 12.1 Å². The third-order valence-electron chi connectivity index (χ3n) is 5.83. The first-order valence-corrected chi connectivity index (χ1v) is 8.25. The molecule has 0 saturated heterocycles. The van der Waals surface area contributed by atoms with E-state index in [2.05, 4.69) is 5.32 Å². The van der Waals surface area contributed by atoms with Crippen LogP contribution in [0.1, 0.15) is 24.8 Å². The van der Waals surface area contributed by atoms with Crippen molar-refractivity contribution in [1.29, 1.82) is 0 Å². The Morgan fingerprint density at radius 3 is 2.48 bits per heavy atom. The Morgan fingerprint density at radius 2 is 1.86 bits per heavy atom. The average Bonchev–Trinajstić information content (AvgIpc) is 2.89.